The van der Waals surface area contributed by atoms with E-state index >= 15 is 0 Å². The molecule has 1 unspecified atom stereocenters. The van der Waals surface area contributed by atoms with Crippen LogP contribution in [0.1, 0.15) is 44.0 Å². The molecule has 168 valence electrons. The third kappa shape index (κ3) is 5.79. The first-order chi connectivity index (χ1) is 14.1. The highest BCUT2D eigenvalue weighted by molar-refractivity contribution is 6.01. The molecule has 0 saturated carbocycles. The van der Waals surface area contributed by atoms with Gasteiger partial charge < -0.3 is 15.8 Å². The van der Waals surface area contributed by atoms with E-state index in [0.717, 1.165) is 4.57 Å². The topological polar surface area (TPSA) is 140 Å². The van der Waals surface area contributed by atoms with E-state index in [1.165, 1.54) is 7.11 Å². The lowest BCUT2D eigenvalue weighted by Gasteiger charge is -2.31. The van der Waals surface area contributed by atoms with Gasteiger partial charge in [0.15, 0.2) is 5.78 Å². The number of likely N-dealkylation sites (tertiary alicyclic amines) is 1. The lowest BCUT2D eigenvalue weighted by Crippen LogP contribution is -2.46. The van der Waals surface area contributed by atoms with Gasteiger partial charge in [-0.2, -0.15) is 0 Å². The van der Waals surface area contributed by atoms with E-state index in [-0.39, 0.29) is 48.9 Å². The van der Waals surface area contributed by atoms with Crippen molar-refractivity contribution in [3.8, 4) is 0 Å². The number of ketones is 1. The second-order valence-corrected chi connectivity index (χ2v) is 8.18. The molecule has 0 aliphatic carbocycles. The number of aromatic nitrogens is 2. The maximum Gasteiger partial charge on any atom is 0.330 e. The molecule has 2 heterocycles. The first-order valence-corrected chi connectivity index (χ1v) is 10.3. The molecule has 1 aromatic heterocycles. The van der Waals surface area contributed by atoms with E-state index in [4.69, 9.17) is 10.5 Å². The molecule has 1 aliphatic heterocycles. The zero-order chi connectivity index (χ0) is 22.4. The summed E-state index contributed by atoms with van der Waals surface area (Å²) in [5.74, 6) is -0.267. The van der Waals surface area contributed by atoms with Crippen LogP contribution >= 0.6 is 0 Å². The summed E-state index contributed by atoms with van der Waals surface area (Å²) in [5, 5.41) is 3.04. The number of amides is 1. The first kappa shape index (κ1) is 23.8. The second kappa shape index (κ2) is 10.5. The number of nitrogens with one attached hydrogen (secondary N) is 2. The molecule has 2 rings (SSSR count). The Bertz CT molecular complexity index is 867. The minimum Gasteiger partial charge on any atom is -0.384 e. The number of methoxy groups -OCH3 is 1. The number of rotatable bonds is 9. The maximum atomic E-state index is 12.8. The fraction of sp³-hybridized carbons (Fsp3) is 0.700. The van der Waals surface area contributed by atoms with Crippen molar-refractivity contribution in [2.24, 2.45) is 11.8 Å². The monoisotopic (exact) mass is 423 g/mol. The number of carbonyl (C=O) groups is 2. The van der Waals surface area contributed by atoms with Crippen molar-refractivity contribution in [2.45, 2.75) is 46.2 Å². The number of aromatic amines is 1. The highest BCUT2D eigenvalue weighted by atomic mass is 16.5. The molecule has 1 aromatic rings. The Hall–Kier alpha value is -2.46. The smallest absolute Gasteiger partial charge is 0.330 e. The normalized spacial score (nSPS) is 16.6. The molecule has 1 atom stereocenters. The van der Waals surface area contributed by atoms with Crippen molar-refractivity contribution in [1.29, 1.82) is 0 Å². The molecule has 0 bridgehead atoms. The average molecular weight is 424 g/mol. The van der Waals surface area contributed by atoms with E-state index in [2.05, 4.69) is 24.1 Å². The van der Waals surface area contributed by atoms with Crippen molar-refractivity contribution >= 4 is 17.5 Å². The van der Waals surface area contributed by atoms with Crippen LogP contribution in [0.3, 0.4) is 0 Å². The fourth-order valence-electron chi connectivity index (χ4n) is 3.41. The Kier molecular flexibility index (Phi) is 8.36. The van der Waals surface area contributed by atoms with Crippen molar-refractivity contribution in [2.75, 3.05) is 39.1 Å². The van der Waals surface area contributed by atoms with Gasteiger partial charge in [0.1, 0.15) is 11.4 Å². The number of anilines is 1. The molecule has 1 saturated heterocycles. The fourth-order valence-corrected chi connectivity index (χ4v) is 3.41. The highest BCUT2D eigenvalue weighted by Crippen LogP contribution is 2.19. The van der Waals surface area contributed by atoms with Crippen LogP contribution in [0.15, 0.2) is 9.59 Å². The van der Waals surface area contributed by atoms with Gasteiger partial charge in [-0.1, -0.05) is 13.8 Å². The van der Waals surface area contributed by atoms with Gasteiger partial charge in [-0.05, 0) is 38.8 Å². The summed E-state index contributed by atoms with van der Waals surface area (Å²) in [5.41, 5.74) is 4.29. The molecule has 10 heteroatoms. The summed E-state index contributed by atoms with van der Waals surface area (Å²) in [6.07, 6.45) is 1.28. The molecule has 0 aromatic carbocycles. The number of ether oxygens (including phenoxy) is 1. The Morgan fingerprint density at radius 3 is 2.43 bits per heavy atom. The van der Waals surface area contributed by atoms with Gasteiger partial charge in [-0.3, -0.25) is 28.8 Å². The number of H-pyrrole nitrogens is 1. The van der Waals surface area contributed by atoms with Crippen LogP contribution in [0.25, 0.3) is 0 Å². The number of piperidine rings is 1. The second-order valence-electron chi connectivity index (χ2n) is 8.18. The van der Waals surface area contributed by atoms with Crippen LogP contribution in [0.2, 0.25) is 0 Å². The van der Waals surface area contributed by atoms with Crippen LogP contribution in [0.5, 0.6) is 0 Å². The van der Waals surface area contributed by atoms with E-state index in [1.807, 2.05) is 11.8 Å². The molecule has 0 radical (unpaired) electrons. The molecule has 0 spiro atoms. The van der Waals surface area contributed by atoms with E-state index < -0.39 is 17.0 Å². The van der Waals surface area contributed by atoms with Gasteiger partial charge in [0, 0.05) is 19.1 Å². The molecule has 1 fully saturated rings. The maximum absolute atomic E-state index is 12.8. The van der Waals surface area contributed by atoms with Crippen molar-refractivity contribution in [1.82, 2.24) is 19.8 Å². The van der Waals surface area contributed by atoms with Crippen LogP contribution in [-0.2, 0) is 16.1 Å². The largest absolute Gasteiger partial charge is 0.384 e. The predicted octanol–water partition coefficient (Wildman–Crippen LogP) is -0.179. The molecule has 4 N–H and O–H groups in total. The zero-order valence-electron chi connectivity index (χ0n) is 18.2. The van der Waals surface area contributed by atoms with Gasteiger partial charge in [-0.25, -0.2) is 4.79 Å². The summed E-state index contributed by atoms with van der Waals surface area (Å²) >= 11 is 0. The summed E-state index contributed by atoms with van der Waals surface area (Å²) in [6, 6.07) is 0.112. The Labute approximate surface area is 175 Å². The number of nitrogen functional groups attached to an aromatic ring is 1. The quantitative estimate of drug-likeness (QED) is 0.468. The Morgan fingerprint density at radius 1 is 1.23 bits per heavy atom. The SMILES string of the molecule is COCCn1c(N)c(C(=O)CN2CCC(C(=O)NC(C)C(C)C)CC2)c(=O)[nH]c1=O. The minimum atomic E-state index is -0.784. The van der Waals surface area contributed by atoms with Gasteiger partial charge in [0.2, 0.25) is 5.91 Å². The van der Waals surface area contributed by atoms with Crippen LogP contribution < -0.4 is 22.3 Å². The third-order valence-corrected chi connectivity index (χ3v) is 5.73. The van der Waals surface area contributed by atoms with E-state index in [9.17, 15) is 19.2 Å². The van der Waals surface area contributed by atoms with Crippen molar-refractivity contribution in [3.05, 3.63) is 26.4 Å². The number of nitrogens with two attached hydrogens (primary N) is 1. The lowest BCUT2D eigenvalue weighted by molar-refractivity contribution is -0.127. The zero-order valence-corrected chi connectivity index (χ0v) is 18.2. The van der Waals surface area contributed by atoms with Crippen LogP contribution in [-0.4, -0.2) is 65.5 Å². The first-order valence-electron chi connectivity index (χ1n) is 10.3. The molecule has 1 aliphatic rings. The highest BCUT2D eigenvalue weighted by Gasteiger charge is 2.28. The number of nitrogens with zero attached hydrogens (tertiary/aromatic N) is 2. The van der Waals surface area contributed by atoms with Crippen molar-refractivity contribution in [3.63, 3.8) is 0 Å². The number of hydrogen-bond donors (Lipinski definition) is 3. The summed E-state index contributed by atoms with van der Waals surface area (Å²) in [4.78, 5) is 53.4. The van der Waals surface area contributed by atoms with Crippen LogP contribution in [0, 0.1) is 11.8 Å². The van der Waals surface area contributed by atoms with Gasteiger partial charge >= 0.3 is 5.69 Å². The molecule has 10 nitrogen and oxygen atoms in total. The predicted molar refractivity (Wildman–Crippen MR) is 114 cm³/mol. The van der Waals surface area contributed by atoms with Gasteiger partial charge in [0.05, 0.1) is 19.7 Å². The Balaban J connectivity index is 2.01. The lowest BCUT2D eigenvalue weighted by atomic mass is 9.94. The number of Topliss-reactive ketones (excluding diaryl/α,β-unsaturated/α-hetero) is 1. The minimum absolute atomic E-state index is 0.00645. The average Bonchev–Trinajstić information content (AvgIpc) is 2.67. The van der Waals surface area contributed by atoms with Crippen molar-refractivity contribution < 1.29 is 14.3 Å². The standard InChI is InChI=1S/C20H33N5O5/c1-12(2)13(3)22-18(27)14-5-7-24(8-6-14)11-15(26)16-17(21)25(9-10-30-4)20(29)23-19(16)28/h12-14H,5-11,21H2,1-4H3,(H,22,27)(H,23,28,29). The van der Waals surface area contributed by atoms with Crippen LogP contribution in [0.4, 0.5) is 5.82 Å². The molecular weight excluding hydrogens is 390 g/mol. The van der Waals surface area contributed by atoms with Gasteiger partial charge in [-0.15, -0.1) is 0 Å². The summed E-state index contributed by atoms with van der Waals surface area (Å²) < 4.78 is 6.07. The molecule has 30 heavy (non-hydrogen) atoms. The van der Waals surface area contributed by atoms with Gasteiger partial charge in [0.25, 0.3) is 5.56 Å². The van der Waals surface area contributed by atoms with E-state index in [0.29, 0.717) is 31.8 Å². The Morgan fingerprint density at radius 2 is 1.87 bits per heavy atom. The number of carbonyl (C=O) groups excluding carboxylic acids is 2. The van der Waals surface area contributed by atoms with E-state index in [1.54, 1.807) is 0 Å². The summed E-state index contributed by atoms with van der Waals surface area (Å²) in [6.45, 7) is 7.61. The molecule has 1 amide bonds. The third-order valence-electron chi connectivity index (χ3n) is 5.73. The molecular formula is C20H33N5O5. The number of hydrogen-bond acceptors (Lipinski definition) is 7. The summed E-state index contributed by atoms with van der Waals surface area (Å²) in [7, 11) is 1.48.